The molecule has 0 aromatic heterocycles. The summed E-state index contributed by atoms with van der Waals surface area (Å²) in [5.74, 6) is 0.157. The van der Waals surface area contributed by atoms with Crippen LogP contribution in [0.25, 0.3) is 6.08 Å². The smallest absolute Gasteiger partial charge is 0.271 e. The van der Waals surface area contributed by atoms with Gasteiger partial charge < -0.3 is 14.8 Å². The molecule has 0 aliphatic heterocycles. The summed E-state index contributed by atoms with van der Waals surface area (Å²) in [4.78, 5) is 23.2. The van der Waals surface area contributed by atoms with E-state index >= 15 is 0 Å². The SMILES string of the molecule is C=CCc1cc(/C=C(\C#N)C(=O)Nc2cccc([N+](=O)[O-])c2)cc(OCC)c1OCc1ccccc1C#N. The highest BCUT2D eigenvalue weighted by atomic mass is 16.6. The number of nitriles is 2. The molecule has 38 heavy (non-hydrogen) atoms. The average Bonchev–Trinajstić information content (AvgIpc) is 2.91. The Kier molecular flexibility index (Phi) is 9.34. The molecule has 9 heteroatoms. The van der Waals surface area contributed by atoms with Crippen molar-refractivity contribution in [3.8, 4) is 23.6 Å². The number of non-ortho nitro benzene ring substituents is 1. The summed E-state index contributed by atoms with van der Waals surface area (Å²) >= 11 is 0. The molecule has 0 fully saturated rings. The van der Waals surface area contributed by atoms with Crippen LogP contribution in [-0.2, 0) is 17.8 Å². The maximum Gasteiger partial charge on any atom is 0.271 e. The van der Waals surface area contributed by atoms with Crippen molar-refractivity contribution in [2.75, 3.05) is 11.9 Å². The van der Waals surface area contributed by atoms with E-state index < -0.39 is 10.8 Å². The topological polar surface area (TPSA) is 138 Å². The number of allylic oxidation sites excluding steroid dienone is 1. The van der Waals surface area contributed by atoms with Crippen molar-refractivity contribution in [2.24, 2.45) is 0 Å². The maximum absolute atomic E-state index is 12.8. The molecule has 9 nitrogen and oxygen atoms in total. The zero-order chi connectivity index (χ0) is 27.5. The molecule has 3 aromatic rings. The lowest BCUT2D eigenvalue weighted by molar-refractivity contribution is -0.384. The summed E-state index contributed by atoms with van der Waals surface area (Å²) in [7, 11) is 0. The number of nitrogens with one attached hydrogen (secondary N) is 1. The number of carbonyl (C=O) groups excluding carboxylic acids is 1. The summed E-state index contributed by atoms with van der Waals surface area (Å²) in [6.07, 6.45) is 3.50. The fraction of sp³-hybridized carbons (Fsp3) is 0.138. The van der Waals surface area contributed by atoms with Gasteiger partial charge in [-0.2, -0.15) is 10.5 Å². The summed E-state index contributed by atoms with van der Waals surface area (Å²) in [6, 6.07) is 20.0. The molecule has 190 valence electrons. The number of rotatable bonds is 11. The van der Waals surface area contributed by atoms with E-state index in [1.54, 1.807) is 30.3 Å². The molecule has 0 saturated carbocycles. The molecule has 0 saturated heterocycles. The molecule has 0 atom stereocenters. The van der Waals surface area contributed by atoms with Crippen molar-refractivity contribution in [3.05, 3.63) is 111 Å². The Morgan fingerprint density at radius 3 is 2.58 bits per heavy atom. The quantitative estimate of drug-likeness (QED) is 0.115. The number of nitro groups is 1. The van der Waals surface area contributed by atoms with Crippen LogP contribution in [0, 0.1) is 32.8 Å². The van der Waals surface area contributed by atoms with Gasteiger partial charge in [-0.05, 0) is 49.2 Å². The normalized spacial score (nSPS) is 10.6. The minimum atomic E-state index is -0.718. The van der Waals surface area contributed by atoms with Gasteiger partial charge in [0, 0.05) is 28.9 Å². The Hall–Kier alpha value is -5.41. The molecular weight excluding hydrogens is 484 g/mol. The fourth-order valence-corrected chi connectivity index (χ4v) is 3.62. The Morgan fingerprint density at radius 1 is 1.11 bits per heavy atom. The van der Waals surface area contributed by atoms with E-state index in [4.69, 9.17) is 9.47 Å². The Morgan fingerprint density at radius 2 is 1.89 bits per heavy atom. The number of ether oxygens (including phenoxy) is 2. The molecular formula is C29H24N4O5. The first-order chi connectivity index (χ1) is 18.4. The van der Waals surface area contributed by atoms with E-state index in [-0.39, 0.29) is 23.6 Å². The summed E-state index contributed by atoms with van der Waals surface area (Å²) < 4.78 is 11.9. The molecule has 3 aromatic carbocycles. The summed E-state index contributed by atoms with van der Waals surface area (Å²) in [5.41, 5.74) is 2.24. The van der Waals surface area contributed by atoms with Crippen molar-refractivity contribution in [2.45, 2.75) is 20.0 Å². The highest BCUT2D eigenvalue weighted by Crippen LogP contribution is 2.35. The molecule has 0 spiro atoms. The third kappa shape index (κ3) is 6.84. The second kappa shape index (κ2) is 13.1. The van der Waals surface area contributed by atoms with Crippen LogP contribution < -0.4 is 14.8 Å². The van der Waals surface area contributed by atoms with Gasteiger partial charge in [0.15, 0.2) is 11.5 Å². The van der Waals surface area contributed by atoms with E-state index in [1.165, 1.54) is 30.3 Å². The van der Waals surface area contributed by atoms with E-state index in [1.807, 2.05) is 25.1 Å². The van der Waals surface area contributed by atoms with E-state index in [2.05, 4.69) is 18.0 Å². The number of hydrogen-bond donors (Lipinski definition) is 1. The number of carbonyl (C=O) groups is 1. The Bertz CT molecular complexity index is 1480. The predicted molar refractivity (Wildman–Crippen MR) is 142 cm³/mol. The first-order valence-corrected chi connectivity index (χ1v) is 11.6. The lowest BCUT2D eigenvalue weighted by Crippen LogP contribution is -2.13. The Balaban J connectivity index is 1.94. The van der Waals surface area contributed by atoms with Gasteiger partial charge in [0.25, 0.3) is 11.6 Å². The fourth-order valence-electron chi connectivity index (χ4n) is 3.62. The molecule has 0 aliphatic carbocycles. The minimum Gasteiger partial charge on any atom is -0.490 e. The highest BCUT2D eigenvalue weighted by Gasteiger charge is 2.17. The van der Waals surface area contributed by atoms with Crippen molar-refractivity contribution in [3.63, 3.8) is 0 Å². The van der Waals surface area contributed by atoms with Crippen LogP contribution >= 0.6 is 0 Å². The van der Waals surface area contributed by atoms with Crippen LogP contribution in [0.3, 0.4) is 0 Å². The van der Waals surface area contributed by atoms with Crippen LogP contribution in [0.2, 0.25) is 0 Å². The lowest BCUT2D eigenvalue weighted by atomic mass is 10.0. The average molecular weight is 509 g/mol. The van der Waals surface area contributed by atoms with Crippen molar-refractivity contribution in [1.29, 1.82) is 10.5 Å². The molecule has 1 N–H and O–H groups in total. The van der Waals surface area contributed by atoms with E-state index in [0.29, 0.717) is 41.2 Å². The first kappa shape index (κ1) is 27.2. The second-order valence-corrected chi connectivity index (χ2v) is 7.92. The minimum absolute atomic E-state index is 0.137. The van der Waals surface area contributed by atoms with Crippen molar-refractivity contribution in [1.82, 2.24) is 0 Å². The van der Waals surface area contributed by atoms with Crippen LogP contribution in [0.1, 0.15) is 29.2 Å². The molecule has 1 amide bonds. The number of benzene rings is 3. The van der Waals surface area contributed by atoms with Crippen LogP contribution in [0.4, 0.5) is 11.4 Å². The summed E-state index contributed by atoms with van der Waals surface area (Å²) in [5, 5.41) is 32.6. The molecule has 0 aliphatic rings. The van der Waals surface area contributed by atoms with Crippen molar-refractivity contribution >= 4 is 23.4 Å². The summed E-state index contributed by atoms with van der Waals surface area (Å²) in [6.45, 7) is 6.09. The van der Waals surface area contributed by atoms with Crippen molar-refractivity contribution < 1.29 is 19.2 Å². The van der Waals surface area contributed by atoms with Gasteiger partial charge in [-0.1, -0.05) is 30.3 Å². The zero-order valence-electron chi connectivity index (χ0n) is 20.6. The highest BCUT2D eigenvalue weighted by molar-refractivity contribution is 6.09. The number of amides is 1. The molecule has 3 rings (SSSR count). The van der Waals surface area contributed by atoms with Gasteiger partial charge in [0.2, 0.25) is 0 Å². The molecule has 0 unspecified atom stereocenters. The molecule has 0 bridgehead atoms. The van der Waals surface area contributed by atoms with Gasteiger partial charge >= 0.3 is 0 Å². The largest absolute Gasteiger partial charge is 0.490 e. The number of hydrogen-bond acceptors (Lipinski definition) is 7. The Labute approximate surface area is 220 Å². The van der Waals surface area contributed by atoms with E-state index in [9.17, 15) is 25.4 Å². The number of nitrogens with zero attached hydrogens (tertiary/aromatic N) is 3. The lowest BCUT2D eigenvalue weighted by Gasteiger charge is -2.17. The second-order valence-electron chi connectivity index (χ2n) is 7.92. The zero-order valence-corrected chi connectivity index (χ0v) is 20.6. The monoisotopic (exact) mass is 508 g/mol. The number of nitro benzene ring substituents is 1. The third-order valence-corrected chi connectivity index (χ3v) is 5.32. The first-order valence-electron chi connectivity index (χ1n) is 11.6. The standard InChI is InChI=1S/C29H24N4O5/c1-3-8-21-13-20(14-24(18-31)29(34)32-25-11-7-12-26(16-25)33(35)36)15-27(37-4-2)28(21)38-19-23-10-6-5-9-22(23)17-30/h3,5-7,9-16H,1,4,8,19H2,2H3,(H,32,34)/b24-14+. The van der Waals surface area contributed by atoms with Gasteiger partial charge in [0.1, 0.15) is 18.2 Å². The number of anilines is 1. The van der Waals surface area contributed by atoms with Gasteiger partial charge in [-0.15, -0.1) is 6.58 Å². The maximum atomic E-state index is 12.8. The van der Waals surface area contributed by atoms with Gasteiger partial charge in [0.05, 0.1) is 23.2 Å². The van der Waals surface area contributed by atoms with Gasteiger partial charge in [-0.25, -0.2) is 0 Å². The van der Waals surface area contributed by atoms with Crippen LogP contribution in [-0.4, -0.2) is 17.4 Å². The molecule has 0 heterocycles. The van der Waals surface area contributed by atoms with Gasteiger partial charge in [-0.3, -0.25) is 14.9 Å². The third-order valence-electron chi connectivity index (χ3n) is 5.32. The predicted octanol–water partition coefficient (Wildman–Crippen LogP) is 5.72. The van der Waals surface area contributed by atoms with Crippen LogP contribution in [0.15, 0.2) is 78.9 Å². The van der Waals surface area contributed by atoms with E-state index in [0.717, 1.165) is 5.56 Å². The molecule has 0 radical (unpaired) electrons. The van der Waals surface area contributed by atoms with Crippen LogP contribution in [0.5, 0.6) is 11.5 Å².